The van der Waals surface area contributed by atoms with E-state index in [0.717, 1.165) is 6.07 Å². The number of aliphatic carboxylic acids is 1. The maximum Gasteiger partial charge on any atom is 0.328 e. The Morgan fingerprint density at radius 2 is 2.21 bits per heavy atom. The predicted molar refractivity (Wildman–Crippen MR) is 64.8 cm³/mol. The Morgan fingerprint density at radius 3 is 2.74 bits per heavy atom. The zero-order valence-electron chi connectivity index (χ0n) is 10.1. The number of nitrogens with one attached hydrogen (secondary N) is 2. The van der Waals surface area contributed by atoms with Crippen LogP contribution in [0.15, 0.2) is 18.2 Å². The standard InChI is InChI=1S/C12H12FN3O3/c1-7(17)16-11(12(18)19)6-15-9-2-3-10(13)8(4-9)5-14/h2-4,11,15H,6H2,1H3,(H,16,17)(H,18,19). The molecule has 7 heteroatoms. The average molecular weight is 265 g/mol. The molecule has 3 N–H and O–H groups in total. The largest absolute Gasteiger partial charge is 0.480 e. The summed E-state index contributed by atoms with van der Waals surface area (Å²) >= 11 is 0. The van der Waals surface area contributed by atoms with Crippen LogP contribution in [0.5, 0.6) is 0 Å². The quantitative estimate of drug-likeness (QED) is 0.727. The van der Waals surface area contributed by atoms with Gasteiger partial charge in [-0.15, -0.1) is 0 Å². The molecule has 0 aliphatic heterocycles. The summed E-state index contributed by atoms with van der Waals surface area (Å²) in [6.07, 6.45) is 0. The number of carbonyl (C=O) groups excluding carboxylic acids is 1. The van der Waals surface area contributed by atoms with Crippen LogP contribution in [-0.2, 0) is 9.59 Å². The van der Waals surface area contributed by atoms with Crippen molar-refractivity contribution in [2.24, 2.45) is 0 Å². The van der Waals surface area contributed by atoms with E-state index in [1.165, 1.54) is 19.1 Å². The maximum atomic E-state index is 13.1. The fraction of sp³-hybridized carbons (Fsp3) is 0.250. The minimum Gasteiger partial charge on any atom is -0.480 e. The smallest absolute Gasteiger partial charge is 0.328 e. The summed E-state index contributed by atoms with van der Waals surface area (Å²) in [5.74, 6) is -2.30. The lowest BCUT2D eigenvalue weighted by molar-refractivity contribution is -0.141. The normalized spacial score (nSPS) is 11.2. The number of benzene rings is 1. The van der Waals surface area contributed by atoms with Gasteiger partial charge in [-0.2, -0.15) is 5.26 Å². The molecule has 1 aromatic rings. The molecule has 0 saturated carbocycles. The molecule has 1 atom stereocenters. The first-order chi connectivity index (χ1) is 8.93. The Morgan fingerprint density at radius 1 is 1.53 bits per heavy atom. The van der Waals surface area contributed by atoms with Gasteiger partial charge in [-0.1, -0.05) is 0 Å². The highest BCUT2D eigenvalue weighted by atomic mass is 19.1. The second kappa shape index (κ2) is 6.35. The van der Waals surface area contributed by atoms with Crippen LogP contribution >= 0.6 is 0 Å². The average Bonchev–Trinajstić information content (AvgIpc) is 2.35. The number of nitrogens with zero attached hydrogens (tertiary/aromatic N) is 1. The van der Waals surface area contributed by atoms with Crippen molar-refractivity contribution < 1.29 is 19.1 Å². The van der Waals surface area contributed by atoms with Crippen molar-refractivity contribution >= 4 is 17.6 Å². The van der Waals surface area contributed by atoms with E-state index in [0.29, 0.717) is 5.69 Å². The van der Waals surface area contributed by atoms with Crippen molar-refractivity contribution in [2.75, 3.05) is 11.9 Å². The second-order valence-electron chi connectivity index (χ2n) is 3.78. The third-order valence-electron chi connectivity index (χ3n) is 2.27. The van der Waals surface area contributed by atoms with Crippen LogP contribution in [0.25, 0.3) is 0 Å². The van der Waals surface area contributed by atoms with Gasteiger partial charge >= 0.3 is 5.97 Å². The summed E-state index contributed by atoms with van der Waals surface area (Å²) < 4.78 is 13.1. The van der Waals surface area contributed by atoms with Gasteiger partial charge in [0.1, 0.15) is 17.9 Å². The Kier molecular flexibility index (Phi) is 4.83. The molecule has 100 valence electrons. The van der Waals surface area contributed by atoms with Crippen LogP contribution in [-0.4, -0.2) is 29.6 Å². The first-order valence-electron chi connectivity index (χ1n) is 5.37. The molecule has 0 bridgehead atoms. The fourth-order valence-electron chi connectivity index (χ4n) is 1.39. The van der Waals surface area contributed by atoms with Crippen LogP contribution in [0.4, 0.5) is 10.1 Å². The molecule has 1 unspecified atom stereocenters. The van der Waals surface area contributed by atoms with E-state index in [2.05, 4.69) is 10.6 Å². The van der Waals surface area contributed by atoms with Gasteiger partial charge in [0.15, 0.2) is 0 Å². The summed E-state index contributed by atoms with van der Waals surface area (Å²) in [5, 5.41) is 22.5. The van der Waals surface area contributed by atoms with Crippen LogP contribution in [0.2, 0.25) is 0 Å². The summed E-state index contributed by atoms with van der Waals surface area (Å²) in [6, 6.07) is 4.32. The highest BCUT2D eigenvalue weighted by Gasteiger charge is 2.17. The van der Waals surface area contributed by atoms with Crippen LogP contribution < -0.4 is 10.6 Å². The van der Waals surface area contributed by atoms with E-state index in [-0.39, 0.29) is 12.1 Å². The molecule has 19 heavy (non-hydrogen) atoms. The Balaban J connectivity index is 2.72. The van der Waals surface area contributed by atoms with E-state index in [1.54, 1.807) is 6.07 Å². The Bertz CT molecular complexity index is 540. The van der Waals surface area contributed by atoms with E-state index >= 15 is 0 Å². The number of nitriles is 1. The van der Waals surface area contributed by atoms with Gasteiger partial charge in [-0.05, 0) is 18.2 Å². The molecular weight excluding hydrogens is 253 g/mol. The fourth-order valence-corrected chi connectivity index (χ4v) is 1.39. The zero-order valence-corrected chi connectivity index (χ0v) is 10.1. The molecule has 1 aromatic carbocycles. The number of hydrogen-bond donors (Lipinski definition) is 3. The number of hydrogen-bond acceptors (Lipinski definition) is 4. The molecule has 1 rings (SSSR count). The summed E-state index contributed by atoms with van der Waals surface area (Å²) in [7, 11) is 0. The van der Waals surface area contributed by atoms with Crippen molar-refractivity contribution in [2.45, 2.75) is 13.0 Å². The molecule has 0 aliphatic carbocycles. The van der Waals surface area contributed by atoms with Gasteiger partial charge < -0.3 is 15.7 Å². The van der Waals surface area contributed by atoms with Gasteiger partial charge in [0, 0.05) is 19.2 Å². The number of carbonyl (C=O) groups is 2. The van der Waals surface area contributed by atoms with Crippen LogP contribution in [0, 0.1) is 17.1 Å². The summed E-state index contributed by atoms with van der Waals surface area (Å²) in [4.78, 5) is 21.7. The summed E-state index contributed by atoms with van der Waals surface area (Å²) in [5.41, 5.74) is 0.256. The van der Waals surface area contributed by atoms with Crippen molar-refractivity contribution in [3.8, 4) is 6.07 Å². The first-order valence-corrected chi connectivity index (χ1v) is 5.37. The number of rotatable bonds is 5. The van der Waals surface area contributed by atoms with Gasteiger partial charge in [0.25, 0.3) is 0 Å². The van der Waals surface area contributed by atoms with E-state index < -0.39 is 23.7 Å². The third kappa shape index (κ3) is 4.27. The molecule has 0 aliphatic rings. The lowest BCUT2D eigenvalue weighted by atomic mass is 10.2. The number of anilines is 1. The Labute approximate surface area is 108 Å². The number of amides is 1. The molecule has 0 aromatic heterocycles. The number of carboxylic acids is 1. The van der Waals surface area contributed by atoms with E-state index in [4.69, 9.17) is 10.4 Å². The highest BCUT2D eigenvalue weighted by Crippen LogP contribution is 2.13. The molecular formula is C12H12FN3O3. The second-order valence-corrected chi connectivity index (χ2v) is 3.78. The summed E-state index contributed by atoms with van der Waals surface area (Å²) in [6.45, 7) is 1.13. The van der Waals surface area contributed by atoms with E-state index in [1.807, 2.05) is 0 Å². The van der Waals surface area contributed by atoms with Gasteiger partial charge in [-0.3, -0.25) is 4.79 Å². The maximum absolute atomic E-state index is 13.1. The monoisotopic (exact) mass is 265 g/mol. The van der Waals surface area contributed by atoms with Gasteiger partial charge in [-0.25, -0.2) is 9.18 Å². The lowest BCUT2D eigenvalue weighted by Gasteiger charge is -2.15. The van der Waals surface area contributed by atoms with Crippen molar-refractivity contribution in [3.05, 3.63) is 29.6 Å². The van der Waals surface area contributed by atoms with Gasteiger partial charge in [0.05, 0.1) is 5.56 Å². The first kappa shape index (κ1) is 14.4. The Hall–Kier alpha value is -2.62. The lowest BCUT2D eigenvalue weighted by Crippen LogP contribution is -2.44. The number of carboxylic acid groups (broad SMARTS) is 1. The predicted octanol–water partition coefficient (Wildman–Crippen LogP) is 0.699. The van der Waals surface area contributed by atoms with Gasteiger partial charge in [0.2, 0.25) is 5.91 Å². The van der Waals surface area contributed by atoms with Crippen LogP contribution in [0.1, 0.15) is 12.5 Å². The van der Waals surface area contributed by atoms with E-state index in [9.17, 15) is 14.0 Å². The van der Waals surface area contributed by atoms with Crippen molar-refractivity contribution in [1.29, 1.82) is 5.26 Å². The van der Waals surface area contributed by atoms with Crippen molar-refractivity contribution in [3.63, 3.8) is 0 Å². The highest BCUT2D eigenvalue weighted by molar-refractivity contribution is 5.82. The number of halogens is 1. The topological polar surface area (TPSA) is 102 Å². The molecule has 0 spiro atoms. The van der Waals surface area contributed by atoms with Crippen molar-refractivity contribution in [1.82, 2.24) is 5.32 Å². The molecule has 0 heterocycles. The third-order valence-corrected chi connectivity index (χ3v) is 2.27. The minimum absolute atomic E-state index is 0.0780. The van der Waals surface area contributed by atoms with Crippen LogP contribution in [0.3, 0.4) is 0 Å². The minimum atomic E-state index is -1.19. The SMILES string of the molecule is CC(=O)NC(CNc1ccc(F)c(C#N)c1)C(=O)O. The molecule has 0 saturated heterocycles. The molecule has 0 fully saturated rings. The molecule has 1 amide bonds. The molecule has 6 nitrogen and oxygen atoms in total. The molecule has 0 radical (unpaired) electrons. The zero-order chi connectivity index (χ0) is 14.4.